The largest absolute Gasteiger partial charge is 0.355 e. The fourth-order valence-corrected chi connectivity index (χ4v) is 4.68. The van der Waals surface area contributed by atoms with Crippen LogP contribution < -0.4 is 0 Å². The molecule has 3 aromatic rings. The van der Waals surface area contributed by atoms with Gasteiger partial charge in [-0.15, -0.1) is 0 Å². The Labute approximate surface area is 194 Å². The SMILES string of the molecule is CC(=O)c1c(C)[nH]c(C(=O)C(C)N2CCN(C(C)c3nc(-c4ccccc4)no3)CC2)c1C. The van der Waals surface area contributed by atoms with Gasteiger partial charge in [0.25, 0.3) is 0 Å². The average molecular weight is 450 g/mol. The smallest absolute Gasteiger partial charge is 0.244 e. The van der Waals surface area contributed by atoms with Crippen molar-refractivity contribution in [2.24, 2.45) is 0 Å². The van der Waals surface area contributed by atoms with Crippen molar-refractivity contribution in [2.45, 2.75) is 46.7 Å². The summed E-state index contributed by atoms with van der Waals surface area (Å²) in [5.41, 5.74) is 3.59. The van der Waals surface area contributed by atoms with Crippen molar-refractivity contribution in [1.29, 1.82) is 0 Å². The number of aryl methyl sites for hydroxylation is 1. The molecule has 174 valence electrons. The summed E-state index contributed by atoms with van der Waals surface area (Å²) in [7, 11) is 0. The average Bonchev–Trinajstić information content (AvgIpc) is 3.43. The summed E-state index contributed by atoms with van der Waals surface area (Å²) in [5.74, 6) is 1.19. The van der Waals surface area contributed by atoms with Crippen LogP contribution >= 0.6 is 0 Å². The molecule has 1 fully saturated rings. The zero-order valence-electron chi connectivity index (χ0n) is 19.9. The number of aromatic amines is 1. The molecule has 1 aliphatic heterocycles. The number of carbonyl (C=O) groups excluding carboxylic acids is 2. The number of hydrogen-bond acceptors (Lipinski definition) is 7. The molecule has 33 heavy (non-hydrogen) atoms. The van der Waals surface area contributed by atoms with Gasteiger partial charge in [0.2, 0.25) is 11.7 Å². The van der Waals surface area contributed by atoms with E-state index in [0.717, 1.165) is 43.0 Å². The minimum Gasteiger partial charge on any atom is -0.355 e. The van der Waals surface area contributed by atoms with E-state index < -0.39 is 0 Å². The molecular weight excluding hydrogens is 418 g/mol. The van der Waals surface area contributed by atoms with Gasteiger partial charge in [0.05, 0.1) is 17.8 Å². The van der Waals surface area contributed by atoms with E-state index in [0.29, 0.717) is 23.0 Å². The third-order valence-electron chi connectivity index (χ3n) is 6.69. The second-order valence-corrected chi connectivity index (χ2v) is 8.79. The number of aromatic nitrogens is 3. The zero-order chi connectivity index (χ0) is 23.7. The van der Waals surface area contributed by atoms with Crippen molar-refractivity contribution >= 4 is 11.6 Å². The Kier molecular flexibility index (Phi) is 6.58. The van der Waals surface area contributed by atoms with Crippen LogP contribution in [0.3, 0.4) is 0 Å². The second kappa shape index (κ2) is 9.41. The monoisotopic (exact) mass is 449 g/mol. The number of ketones is 2. The third kappa shape index (κ3) is 4.54. The summed E-state index contributed by atoms with van der Waals surface area (Å²) in [6.45, 7) is 12.3. The maximum Gasteiger partial charge on any atom is 0.244 e. The van der Waals surface area contributed by atoms with Crippen LogP contribution in [0.1, 0.15) is 64.8 Å². The molecule has 4 rings (SSSR count). The molecule has 1 saturated heterocycles. The summed E-state index contributed by atoms with van der Waals surface area (Å²) < 4.78 is 5.55. The first-order valence-electron chi connectivity index (χ1n) is 11.4. The van der Waals surface area contributed by atoms with Crippen LogP contribution in [0.15, 0.2) is 34.9 Å². The Morgan fingerprint density at radius 1 is 1.03 bits per heavy atom. The van der Waals surface area contributed by atoms with Gasteiger partial charge < -0.3 is 9.51 Å². The number of benzene rings is 1. The van der Waals surface area contributed by atoms with E-state index >= 15 is 0 Å². The molecule has 2 unspecified atom stereocenters. The highest BCUT2D eigenvalue weighted by Gasteiger charge is 2.32. The molecule has 0 amide bonds. The van der Waals surface area contributed by atoms with Crippen LogP contribution in [0.2, 0.25) is 0 Å². The van der Waals surface area contributed by atoms with Gasteiger partial charge in [-0.1, -0.05) is 35.5 Å². The lowest BCUT2D eigenvalue weighted by Gasteiger charge is -2.39. The number of nitrogens with zero attached hydrogens (tertiary/aromatic N) is 4. The second-order valence-electron chi connectivity index (χ2n) is 8.79. The lowest BCUT2D eigenvalue weighted by Crippen LogP contribution is -2.52. The van der Waals surface area contributed by atoms with Gasteiger partial charge in [0.1, 0.15) is 0 Å². The van der Waals surface area contributed by atoms with Crippen LogP contribution in [0.25, 0.3) is 11.4 Å². The summed E-state index contributed by atoms with van der Waals surface area (Å²) in [6, 6.07) is 9.51. The Balaban J connectivity index is 1.39. The molecule has 2 aromatic heterocycles. The van der Waals surface area contributed by atoms with Crippen LogP contribution in [0.5, 0.6) is 0 Å². The minimum absolute atomic E-state index is 0.00505. The molecule has 8 nitrogen and oxygen atoms in total. The van der Waals surface area contributed by atoms with Gasteiger partial charge in [0.15, 0.2) is 11.6 Å². The predicted molar refractivity (Wildman–Crippen MR) is 125 cm³/mol. The summed E-state index contributed by atoms with van der Waals surface area (Å²) >= 11 is 0. The molecule has 0 saturated carbocycles. The van der Waals surface area contributed by atoms with E-state index in [1.165, 1.54) is 6.92 Å². The summed E-state index contributed by atoms with van der Waals surface area (Å²) in [6.07, 6.45) is 0. The van der Waals surface area contributed by atoms with E-state index in [1.807, 2.05) is 51.1 Å². The molecule has 1 N–H and O–H groups in total. The maximum absolute atomic E-state index is 13.2. The first-order valence-corrected chi connectivity index (χ1v) is 11.4. The van der Waals surface area contributed by atoms with Gasteiger partial charge in [-0.05, 0) is 40.2 Å². The third-order valence-corrected chi connectivity index (χ3v) is 6.69. The molecule has 3 heterocycles. The molecule has 0 radical (unpaired) electrons. The normalized spacial score (nSPS) is 17.1. The Morgan fingerprint density at radius 3 is 2.27 bits per heavy atom. The van der Waals surface area contributed by atoms with Crippen molar-refractivity contribution < 1.29 is 14.1 Å². The molecule has 8 heteroatoms. The number of piperazine rings is 1. The first kappa shape index (κ1) is 23.1. The highest BCUT2D eigenvalue weighted by molar-refractivity contribution is 6.05. The fourth-order valence-electron chi connectivity index (χ4n) is 4.68. The molecule has 1 aliphatic rings. The number of hydrogen-bond donors (Lipinski definition) is 1. The van der Waals surface area contributed by atoms with Gasteiger partial charge in [0, 0.05) is 43.0 Å². The van der Waals surface area contributed by atoms with Gasteiger partial charge in [-0.3, -0.25) is 19.4 Å². The van der Waals surface area contributed by atoms with Gasteiger partial charge in [-0.2, -0.15) is 4.98 Å². The zero-order valence-corrected chi connectivity index (χ0v) is 19.9. The maximum atomic E-state index is 13.2. The minimum atomic E-state index is -0.271. The predicted octanol–water partition coefficient (Wildman–Crippen LogP) is 3.83. The van der Waals surface area contributed by atoms with Crippen molar-refractivity contribution in [3.8, 4) is 11.4 Å². The standard InChI is InChI=1S/C25H31N5O3/c1-15-21(19(5)31)16(2)26-22(15)23(32)17(3)29-11-13-30(14-12-29)18(4)25-27-24(28-33-25)20-9-7-6-8-10-20/h6-10,17-18,26H,11-14H2,1-5H3. The fraction of sp³-hybridized carbons (Fsp3) is 0.440. The van der Waals surface area contributed by atoms with Crippen molar-refractivity contribution in [1.82, 2.24) is 24.9 Å². The molecular formula is C25H31N5O3. The number of nitrogens with one attached hydrogen (secondary N) is 1. The number of Topliss-reactive ketones (excluding diaryl/α,β-unsaturated/α-hetero) is 2. The Morgan fingerprint density at radius 2 is 1.67 bits per heavy atom. The van der Waals surface area contributed by atoms with E-state index in [4.69, 9.17) is 4.52 Å². The Bertz CT molecular complexity index is 1140. The van der Waals surface area contributed by atoms with Crippen molar-refractivity contribution in [2.75, 3.05) is 26.2 Å². The van der Waals surface area contributed by atoms with Crippen molar-refractivity contribution in [3.63, 3.8) is 0 Å². The quantitative estimate of drug-likeness (QED) is 0.548. The van der Waals surface area contributed by atoms with Gasteiger partial charge in [-0.25, -0.2) is 0 Å². The highest BCUT2D eigenvalue weighted by atomic mass is 16.5. The number of H-pyrrole nitrogens is 1. The van der Waals surface area contributed by atoms with Crippen LogP contribution in [0.4, 0.5) is 0 Å². The number of carbonyl (C=O) groups is 2. The van der Waals surface area contributed by atoms with E-state index in [2.05, 4.69) is 31.8 Å². The van der Waals surface area contributed by atoms with Gasteiger partial charge >= 0.3 is 0 Å². The van der Waals surface area contributed by atoms with Crippen LogP contribution in [-0.4, -0.2) is 68.7 Å². The Hall–Kier alpha value is -3.10. The molecule has 0 spiro atoms. The lowest BCUT2D eigenvalue weighted by atomic mass is 10.0. The van der Waals surface area contributed by atoms with E-state index in [-0.39, 0.29) is 23.7 Å². The molecule has 2 atom stereocenters. The first-order chi connectivity index (χ1) is 15.8. The van der Waals surface area contributed by atoms with E-state index in [1.54, 1.807) is 0 Å². The highest BCUT2D eigenvalue weighted by Crippen LogP contribution is 2.25. The van der Waals surface area contributed by atoms with Crippen LogP contribution in [0, 0.1) is 13.8 Å². The molecule has 0 bridgehead atoms. The summed E-state index contributed by atoms with van der Waals surface area (Å²) in [5, 5.41) is 4.14. The lowest BCUT2D eigenvalue weighted by molar-refractivity contribution is 0.0563. The topological polar surface area (TPSA) is 95.3 Å². The van der Waals surface area contributed by atoms with E-state index in [9.17, 15) is 9.59 Å². The number of rotatable bonds is 7. The molecule has 0 aliphatic carbocycles. The van der Waals surface area contributed by atoms with Crippen LogP contribution in [-0.2, 0) is 0 Å². The summed E-state index contributed by atoms with van der Waals surface area (Å²) in [4.78, 5) is 37.4. The van der Waals surface area contributed by atoms with Crippen molar-refractivity contribution in [3.05, 3.63) is 58.7 Å². The molecule has 1 aromatic carbocycles.